The molecule has 0 spiro atoms. The van der Waals surface area contributed by atoms with E-state index in [1.54, 1.807) is 0 Å². The van der Waals surface area contributed by atoms with E-state index in [1.165, 1.54) is 25.5 Å². The minimum absolute atomic E-state index is 0.0677. The van der Waals surface area contributed by atoms with Crippen molar-refractivity contribution in [1.29, 1.82) is 0 Å². The Balaban J connectivity index is 1.57. The van der Waals surface area contributed by atoms with Gasteiger partial charge in [0.05, 0.1) is 34.6 Å². The third kappa shape index (κ3) is 3.28. The number of hydrazone groups is 1. The SMILES string of the molecule is COC(=O)COc1c(Br)cc(C=NN2C(=O)[C@@H]3[C@H](C2=O)[C@H]2C=C[C@H]3C2)cc1[N+](=O)[O-]. The topological polar surface area (TPSA) is 128 Å². The van der Waals surface area contributed by atoms with Gasteiger partial charge in [-0.15, -0.1) is 0 Å². The summed E-state index contributed by atoms with van der Waals surface area (Å²) >= 11 is 3.18. The van der Waals surface area contributed by atoms with Crippen LogP contribution in [0.1, 0.15) is 12.0 Å². The number of nitro groups is 1. The van der Waals surface area contributed by atoms with Gasteiger partial charge in [0, 0.05) is 11.6 Å². The first kappa shape index (κ1) is 20.2. The molecule has 4 atom stereocenters. The van der Waals surface area contributed by atoms with Gasteiger partial charge in [-0.1, -0.05) is 12.2 Å². The molecule has 2 aliphatic carbocycles. The fourth-order valence-electron chi connectivity index (χ4n) is 4.27. The second-order valence-electron chi connectivity index (χ2n) is 7.21. The summed E-state index contributed by atoms with van der Waals surface area (Å²) in [5.74, 6) is -2.14. The molecule has 1 heterocycles. The van der Waals surface area contributed by atoms with E-state index in [9.17, 15) is 24.5 Å². The molecule has 1 saturated carbocycles. The van der Waals surface area contributed by atoms with E-state index >= 15 is 0 Å². The number of carbonyl (C=O) groups is 3. The Morgan fingerprint density at radius 1 is 1.30 bits per heavy atom. The number of carbonyl (C=O) groups excluding carboxylic acids is 3. The summed E-state index contributed by atoms with van der Waals surface area (Å²) in [7, 11) is 1.17. The highest BCUT2D eigenvalue weighted by atomic mass is 79.9. The average Bonchev–Trinajstić information content (AvgIpc) is 3.39. The van der Waals surface area contributed by atoms with E-state index in [0.717, 1.165) is 11.4 Å². The molecule has 11 heteroatoms. The van der Waals surface area contributed by atoms with Crippen LogP contribution in [0.4, 0.5) is 5.69 Å². The zero-order chi connectivity index (χ0) is 21.6. The van der Waals surface area contributed by atoms with Crippen molar-refractivity contribution in [3.8, 4) is 5.75 Å². The molecule has 10 nitrogen and oxygen atoms in total. The fourth-order valence-corrected chi connectivity index (χ4v) is 4.85. The van der Waals surface area contributed by atoms with Gasteiger partial charge in [0.2, 0.25) is 5.75 Å². The Kier molecular flexibility index (Phi) is 5.14. The molecule has 0 N–H and O–H groups in total. The summed E-state index contributed by atoms with van der Waals surface area (Å²) < 4.78 is 9.86. The number of nitrogens with zero attached hydrogens (tertiary/aromatic N) is 3. The number of esters is 1. The van der Waals surface area contributed by atoms with E-state index in [-0.39, 0.29) is 51.3 Å². The lowest BCUT2D eigenvalue weighted by Gasteiger charge is -2.13. The molecule has 1 saturated heterocycles. The molecule has 1 aromatic carbocycles. The molecule has 2 fully saturated rings. The summed E-state index contributed by atoms with van der Waals surface area (Å²) in [6.45, 7) is -0.501. The van der Waals surface area contributed by atoms with Gasteiger partial charge in [0.15, 0.2) is 6.61 Å². The van der Waals surface area contributed by atoms with Crippen LogP contribution in [-0.4, -0.2) is 47.6 Å². The number of allylic oxidation sites excluding steroid dienone is 2. The standard InChI is InChI=1S/C19H16BrN3O7/c1-29-14(24)8-30-17-12(20)4-9(5-13(17)23(27)28)7-21-22-18(25)15-10-2-3-11(6-10)16(15)19(22)26/h2-5,7,10-11,15-16H,6,8H2,1H3/t10-,11-,15-,16+/m0/s1. The van der Waals surface area contributed by atoms with Crippen molar-refractivity contribution in [2.24, 2.45) is 28.8 Å². The van der Waals surface area contributed by atoms with Gasteiger partial charge < -0.3 is 9.47 Å². The summed E-state index contributed by atoms with van der Waals surface area (Å²) in [6, 6.07) is 2.65. The molecule has 2 amide bonds. The lowest BCUT2D eigenvalue weighted by atomic mass is 9.85. The van der Waals surface area contributed by atoms with Crippen LogP contribution in [0.15, 0.2) is 33.9 Å². The molecule has 2 bridgehead atoms. The zero-order valence-electron chi connectivity index (χ0n) is 15.7. The highest BCUT2D eigenvalue weighted by Crippen LogP contribution is 2.52. The van der Waals surface area contributed by atoms with Crippen LogP contribution in [0, 0.1) is 33.8 Å². The average molecular weight is 478 g/mol. The molecule has 1 aromatic rings. The second-order valence-corrected chi connectivity index (χ2v) is 8.06. The number of hydrogen-bond donors (Lipinski definition) is 0. The van der Waals surface area contributed by atoms with E-state index < -0.39 is 23.2 Å². The van der Waals surface area contributed by atoms with Gasteiger partial charge in [-0.2, -0.15) is 10.1 Å². The predicted octanol–water partition coefficient (Wildman–Crippen LogP) is 2.05. The van der Waals surface area contributed by atoms with E-state index in [0.29, 0.717) is 0 Å². The number of ether oxygens (including phenoxy) is 2. The molecule has 4 rings (SSSR count). The van der Waals surface area contributed by atoms with Crippen LogP contribution in [0.5, 0.6) is 5.75 Å². The Morgan fingerprint density at radius 3 is 2.50 bits per heavy atom. The smallest absolute Gasteiger partial charge is 0.343 e. The number of fused-ring (bicyclic) bond motifs is 5. The molecule has 1 aliphatic heterocycles. The molecule has 0 unspecified atom stereocenters. The summed E-state index contributed by atoms with van der Waals surface area (Å²) in [4.78, 5) is 47.3. The van der Waals surface area contributed by atoms with Crippen molar-refractivity contribution in [3.63, 3.8) is 0 Å². The summed E-state index contributed by atoms with van der Waals surface area (Å²) in [5, 5.41) is 16.3. The molecular weight excluding hydrogens is 462 g/mol. The maximum absolute atomic E-state index is 12.7. The van der Waals surface area contributed by atoms with Crippen LogP contribution >= 0.6 is 15.9 Å². The third-order valence-electron chi connectivity index (χ3n) is 5.57. The van der Waals surface area contributed by atoms with Crippen molar-refractivity contribution in [2.75, 3.05) is 13.7 Å². The highest BCUT2D eigenvalue weighted by molar-refractivity contribution is 9.10. The predicted molar refractivity (Wildman–Crippen MR) is 105 cm³/mol. The molecule has 156 valence electrons. The number of halogens is 1. The Bertz CT molecular complexity index is 992. The number of nitro benzene ring substituents is 1. The highest BCUT2D eigenvalue weighted by Gasteiger charge is 2.59. The van der Waals surface area contributed by atoms with Crippen molar-refractivity contribution in [1.82, 2.24) is 5.01 Å². The first-order chi connectivity index (χ1) is 14.3. The Morgan fingerprint density at radius 2 is 1.93 bits per heavy atom. The molecule has 0 aromatic heterocycles. The number of amides is 2. The lowest BCUT2D eigenvalue weighted by Crippen LogP contribution is -2.28. The van der Waals surface area contributed by atoms with Gasteiger partial charge in [0.1, 0.15) is 0 Å². The number of imide groups is 1. The van der Waals surface area contributed by atoms with Gasteiger partial charge >= 0.3 is 11.7 Å². The minimum Gasteiger partial charge on any atom is -0.474 e. The molecular formula is C19H16BrN3O7. The van der Waals surface area contributed by atoms with Crippen LogP contribution in [0.2, 0.25) is 0 Å². The second kappa shape index (κ2) is 7.63. The number of rotatable bonds is 6. The van der Waals surface area contributed by atoms with E-state index in [4.69, 9.17) is 4.74 Å². The van der Waals surface area contributed by atoms with Gasteiger partial charge in [-0.3, -0.25) is 19.7 Å². The van der Waals surface area contributed by atoms with Crippen LogP contribution in [0.3, 0.4) is 0 Å². The van der Waals surface area contributed by atoms with Crippen LogP contribution < -0.4 is 4.74 Å². The van der Waals surface area contributed by atoms with E-state index in [1.807, 2.05) is 12.2 Å². The monoisotopic (exact) mass is 477 g/mol. The maximum atomic E-state index is 12.7. The van der Waals surface area contributed by atoms with Gasteiger partial charge in [0.25, 0.3) is 11.8 Å². The number of benzene rings is 1. The summed E-state index contributed by atoms with van der Waals surface area (Å²) in [5.41, 5.74) is -0.134. The van der Waals surface area contributed by atoms with Crippen molar-refractivity contribution in [2.45, 2.75) is 6.42 Å². The first-order valence-electron chi connectivity index (χ1n) is 9.09. The zero-order valence-corrected chi connectivity index (χ0v) is 17.3. The summed E-state index contributed by atoms with van der Waals surface area (Å²) in [6.07, 6.45) is 6.00. The van der Waals surface area contributed by atoms with Crippen molar-refractivity contribution in [3.05, 3.63) is 44.4 Å². The van der Waals surface area contributed by atoms with Gasteiger partial charge in [-0.05, 0) is 40.3 Å². The van der Waals surface area contributed by atoms with E-state index in [2.05, 4.69) is 25.8 Å². The lowest BCUT2D eigenvalue weighted by molar-refractivity contribution is -0.385. The maximum Gasteiger partial charge on any atom is 0.343 e. The fraction of sp³-hybridized carbons (Fsp3) is 0.368. The number of hydrogen-bond acceptors (Lipinski definition) is 8. The van der Waals surface area contributed by atoms with Crippen molar-refractivity contribution >= 4 is 45.6 Å². The Labute approximate surface area is 178 Å². The number of methoxy groups -OCH3 is 1. The molecule has 30 heavy (non-hydrogen) atoms. The third-order valence-corrected chi connectivity index (χ3v) is 6.16. The van der Waals surface area contributed by atoms with Crippen molar-refractivity contribution < 1.29 is 28.8 Å². The molecule has 0 radical (unpaired) electrons. The first-order valence-corrected chi connectivity index (χ1v) is 9.88. The quantitative estimate of drug-likeness (QED) is 0.153. The van der Waals surface area contributed by atoms with Crippen LogP contribution in [-0.2, 0) is 19.1 Å². The van der Waals surface area contributed by atoms with Crippen LogP contribution in [0.25, 0.3) is 0 Å². The van der Waals surface area contributed by atoms with Gasteiger partial charge in [-0.25, -0.2) is 4.79 Å². The normalized spacial score (nSPS) is 26.5. The largest absolute Gasteiger partial charge is 0.474 e. The molecule has 3 aliphatic rings. The Hall–Kier alpha value is -3.08. The minimum atomic E-state index is -0.693.